The predicted octanol–water partition coefficient (Wildman–Crippen LogP) is 5.08. The fourth-order valence-electron chi connectivity index (χ4n) is 3.94. The maximum absolute atomic E-state index is 13.6. The summed E-state index contributed by atoms with van der Waals surface area (Å²) in [4.78, 5) is 41.3. The van der Waals surface area contributed by atoms with Crippen LogP contribution in [0.3, 0.4) is 0 Å². The number of nitrogens with one attached hydrogen (secondary N) is 2. The van der Waals surface area contributed by atoms with Crippen LogP contribution in [0, 0.1) is 5.92 Å². The smallest absolute Gasteiger partial charge is 0.270 e. The molecule has 4 rings (SSSR count). The summed E-state index contributed by atoms with van der Waals surface area (Å²) in [6, 6.07) is 28.9. The second-order valence-corrected chi connectivity index (χ2v) is 11.3. The lowest BCUT2D eigenvalue weighted by Gasteiger charge is -2.26. The summed E-state index contributed by atoms with van der Waals surface area (Å²) in [6.45, 7) is 1.60. The minimum absolute atomic E-state index is 0.140. The molecular weight excluding hydrogens is 473 g/mol. The van der Waals surface area contributed by atoms with Gasteiger partial charge in [-0.15, -0.1) is 0 Å². The van der Waals surface area contributed by atoms with Crippen molar-refractivity contribution in [2.75, 3.05) is 11.5 Å². The molecular formula is C28H28N3O4P. The molecule has 0 saturated heterocycles. The molecule has 0 aliphatic carbocycles. The van der Waals surface area contributed by atoms with Crippen molar-refractivity contribution in [3.8, 4) is 0 Å². The van der Waals surface area contributed by atoms with Crippen LogP contribution in [-0.2, 0) is 15.8 Å². The first-order valence-corrected chi connectivity index (χ1v) is 13.6. The maximum atomic E-state index is 13.6. The first kappa shape index (κ1) is 25.3. The summed E-state index contributed by atoms with van der Waals surface area (Å²) in [5, 5.41) is 6.39. The number of rotatable bonds is 9. The van der Waals surface area contributed by atoms with E-state index in [0.29, 0.717) is 11.2 Å². The first-order valence-electron chi connectivity index (χ1n) is 11.7. The van der Waals surface area contributed by atoms with Gasteiger partial charge in [0.05, 0.1) is 5.52 Å². The Kier molecular flexibility index (Phi) is 7.93. The van der Waals surface area contributed by atoms with Crippen molar-refractivity contribution in [1.29, 1.82) is 0 Å². The summed E-state index contributed by atoms with van der Waals surface area (Å²) in [5.74, 6) is -2.75. The van der Waals surface area contributed by atoms with Crippen molar-refractivity contribution >= 4 is 35.8 Å². The average Bonchev–Trinajstić information content (AvgIpc) is 2.89. The highest BCUT2D eigenvalue weighted by Gasteiger charge is 2.36. The van der Waals surface area contributed by atoms with Crippen LogP contribution in [0.1, 0.15) is 23.0 Å². The molecule has 7 nitrogen and oxygen atoms in total. The lowest BCUT2D eigenvalue weighted by molar-refractivity contribution is -0.118. The lowest BCUT2D eigenvalue weighted by Crippen LogP contribution is -2.38. The molecule has 1 aromatic heterocycles. The Bertz CT molecular complexity index is 1400. The zero-order valence-corrected chi connectivity index (χ0v) is 20.8. The van der Waals surface area contributed by atoms with E-state index < -0.39 is 25.0 Å². The maximum Gasteiger partial charge on any atom is 0.270 e. The Morgan fingerprint density at radius 2 is 1.53 bits per heavy atom. The third kappa shape index (κ3) is 6.45. The van der Waals surface area contributed by atoms with Crippen molar-refractivity contribution in [2.45, 2.75) is 19.1 Å². The van der Waals surface area contributed by atoms with Crippen LogP contribution in [0.5, 0.6) is 0 Å². The van der Waals surface area contributed by atoms with Crippen LogP contribution >= 0.6 is 7.37 Å². The van der Waals surface area contributed by atoms with E-state index in [1.54, 1.807) is 49.4 Å². The number of carbonyl (C=O) groups is 2. The van der Waals surface area contributed by atoms with Gasteiger partial charge in [0.1, 0.15) is 11.5 Å². The van der Waals surface area contributed by atoms with E-state index >= 15 is 0 Å². The molecule has 2 amide bonds. The van der Waals surface area contributed by atoms with E-state index in [1.807, 2.05) is 54.6 Å². The standard InChI is InChI=1S/C28H28N3O4P/c1-20(27(32)29-23-13-6-3-7-14-23)19-36(34,35)26(18-21-10-4-2-5-11-21)31-28(33)25-17-16-22-12-8-9-15-24(22)30-25/h2-17,20,26H,18-19H2,1H3,(H,29,32)(H,31,33)(H,34,35)/t20?,26-/m1/s1. The van der Waals surface area contributed by atoms with Gasteiger partial charge in [-0.2, -0.15) is 0 Å². The molecule has 0 aliphatic heterocycles. The van der Waals surface area contributed by atoms with Crippen molar-refractivity contribution in [3.63, 3.8) is 0 Å². The van der Waals surface area contributed by atoms with Gasteiger partial charge in [0.15, 0.2) is 0 Å². The summed E-state index contributed by atoms with van der Waals surface area (Å²) >= 11 is 0. The number of fused-ring (bicyclic) bond motifs is 1. The van der Waals surface area contributed by atoms with Gasteiger partial charge in [-0.1, -0.05) is 79.7 Å². The molecule has 4 aromatic rings. The number of benzene rings is 3. The van der Waals surface area contributed by atoms with Crippen molar-refractivity contribution < 1.29 is 19.0 Å². The molecule has 0 saturated carbocycles. The van der Waals surface area contributed by atoms with Gasteiger partial charge in [-0.3, -0.25) is 14.2 Å². The van der Waals surface area contributed by atoms with E-state index in [4.69, 9.17) is 0 Å². The Balaban J connectivity index is 1.53. The molecule has 0 fully saturated rings. The van der Waals surface area contributed by atoms with Crippen LogP contribution in [0.4, 0.5) is 5.69 Å². The van der Waals surface area contributed by atoms with Crippen LogP contribution in [0.25, 0.3) is 10.9 Å². The van der Waals surface area contributed by atoms with Crippen molar-refractivity contribution in [1.82, 2.24) is 10.3 Å². The van der Waals surface area contributed by atoms with Gasteiger partial charge in [0.25, 0.3) is 5.91 Å². The molecule has 3 N–H and O–H groups in total. The molecule has 3 atom stereocenters. The van der Waals surface area contributed by atoms with Crippen LogP contribution in [0.2, 0.25) is 0 Å². The summed E-state index contributed by atoms with van der Waals surface area (Å²) in [5.41, 5.74) is 2.22. The largest absolute Gasteiger partial charge is 0.343 e. The molecule has 36 heavy (non-hydrogen) atoms. The number of aromatic nitrogens is 1. The molecule has 0 radical (unpaired) electrons. The van der Waals surface area contributed by atoms with E-state index in [-0.39, 0.29) is 24.2 Å². The van der Waals surface area contributed by atoms with Gasteiger partial charge in [0.2, 0.25) is 13.3 Å². The second kappa shape index (κ2) is 11.3. The zero-order valence-electron chi connectivity index (χ0n) is 19.9. The SMILES string of the molecule is CC(CP(=O)(O)[C@H](Cc1ccccc1)NC(=O)c1ccc2ccccc2n1)C(=O)Nc1ccccc1. The average molecular weight is 502 g/mol. The Morgan fingerprint density at radius 1 is 0.889 bits per heavy atom. The van der Waals surface area contributed by atoms with E-state index in [1.165, 1.54) is 0 Å². The molecule has 0 bridgehead atoms. The Hall–Kier alpha value is -3.80. The van der Waals surface area contributed by atoms with Crippen molar-refractivity contribution in [2.24, 2.45) is 5.92 Å². The quantitative estimate of drug-likeness (QED) is 0.277. The Labute approximate surface area is 210 Å². The lowest BCUT2D eigenvalue weighted by atomic mass is 10.1. The number of amides is 2. The number of nitrogens with zero attached hydrogens (tertiary/aromatic N) is 1. The fraction of sp³-hybridized carbons (Fsp3) is 0.179. The van der Waals surface area contributed by atoms with Gasteiger partial charge in [-0.25, -0.2) is 4.98 Å². The molecule has 1 heterocycles. The first-order chi connectivity index (χ1) is 17.3. The number of anilines is 1. The highest BCUT2D eigenvalue weighted by atomic mass is 31.2. The highest BCUT2D eigenvalue weighted by molar-refractivity contribution is 7.58. The molecule has 2 unspecified atom stereocenters. The topological polar surface area (TPSA) is 108 Å². The fourth-order valence-corrected chi connectivity index (χ4v) is 5.96. The summed E-state index contributed by atoms with van der Waals surface area (Å²) in [6.07, 6.45) is -0.143. The molecule has 0 aliphatic rings. The number of hydrogen-bond donors (Lipinski definition) is 3. The minimum atomic E-state index is -4.03. The zero-order chi connectivity index (χ0) is 25.5. The normalized spacial score (nSPS) is 14.4. The minimum Gasteiger partial charge on any atom is -0.343 e. The van der Waals surface area contributed by atoms with Crippen molar-refractivity contribution in [3.05, 3.63) is 108 Å². The van der Waals surface area contributed by atoms with Gasteiger partial charge >= 0.3 is 0 Å². The Morgan fingerprint density at radius 3 is 2.25 bits per heavy atom. The summed E-state index contributed by atoms with van der Waals surface area (Å²) in [7, 11) is -4.03. The number of hydrogen-bond acceptors (Lipinski definition) is 4. The predicted molar refractivity (Wildman–Crippen MR) is 142 cm³/mol. The van der Waals surface area contributed by atoms with Gasteiger partial charge in [0, 0.05) is 29.6 Å². The third-order valence-corrected chi connectivity index (χ3v) is 8.27. The van der Waals surface area contributed by atoms with Crippen LogP contribution in [0.15, 0.2) is 97.1 Å². The third-order valence-electron chi connectivity index (χ3n) is 5.91. The molecule has 3 aromatic carbocycles. The van der Waals surface area contributed by atoms with Crippen LogP contribution < -0.4 is 10.6 Å². The number of para-hydroxylation sites is 2. The summed E-state index contributed by atoms with van der Waals surface area (Å²) < 4.78 is 13.6. The van der Waals surface area contributed by atoms with Gasteiger partial charge < -0.3 is 15.5 Å². The van der Waals surface area contributed by atoms with E-state index in [0.717, 1.165) is 10.9 Å². The molecule has 8 heteroatoms. The highest BCUT2D eigenvalue weighted by Crippen LogP contribution is 2.48. The van der Waals surface area contributed by atoms with E-state index in [9.17, 15) is 19.0 Å². The van der Waals surface area contributed by atoms with Gasteiger partial charge in [-0.05, 0) is 29.8 Å². The van der Waals surface area contributed by atoms with E-state index in [2.05, 4.69) is 15.6 Å². The monoisotopic (exact) mass is 501 g/mol. The second-order valence-electron chi connectivity index (χ2n) is 8.76. The molecule has 0 spiro atoms. The number of carbonyl (C=O) groups excluding carboxylic acids is 2. The number of pyridine rings is 1. The molecule has 184 valence electrons. The van der Waals surface area contributed by atoms with Crippen LogP contribution in [-0.4, -0.2) is 33.6 Å².